The van der Waals surface area contributed by atoms with Crippen LogP contribution < -0.4 is 0 Å². The molecule has 0 saturated carbocycles. The lowest BCUT2D eigenvalue weighted by Crippen LogP contribution is -2.07. The Morgan fingerprint density at radius 2 is 1.68 bits per heavy atom. The fraction of sp³-hybridized carbons (Fsp3) is 0.333. The highest BCUT2D eigenvalue weighted by molar-refractivity contribution is 5.89. The predicted molar refractivity (Wildman–Crippen MR) is 70.3 cm³/mol. The lowest BCUT2D eigenvalue weighted by molar-refractivity contribution is -0.142. The first kappa shape index (κ1) is 14.8. The van der Waals surface area contributed by atoms with Crippen molar-refractivity contribution < 1.29 is 19.1 Å². The molecule has 0 aliphatic carbocycles. The maximum Gasteiger partial charge on any atom is 0.384 e. The van der Waals surface area contributed by atoms with Crippen LogP contribution in [0.4, 0.5) is 0 Å². The van der Waals surface area contributed by atoms with E-state index >= 15 is 0 Å². The Bertz CT molecular complexity index is 491. The van der Waals surface area contributed by atoms with Crippen LogP contribution in [0.1, 0.15) is 25.0 Å². The van der Waals surface area contributed by atoms with E-state index in [9.17, 15) is 9.59 Å². The van der Waals surface area contributed by atoms with Crippen molar-refractivity contribution in [1.82, 2.24) is 0 Å². The quantitative estimate of drug-likeness (QED) is 0.611. The van der Waals surface area contributed by atoms with Gasteiger partial charge in [-0.25, -0.2) is 4.79 Å². The molecule has 0 aromatic heterocycles. The van der Waals surface area contributed by atoms with Gasteiger partial charge in [-0.1, -0.05) is 18.1 Å². The van der Waals surface area contributed by atoms with Crippen molar-refractivity contribution in [3.63, 3.8) is 0 Å². The first-order valence-electron chi connectivity index (χ1n) is 6.09. The van der Waals surface area contributed by atoms with Crippen LogP contribution in [0.25, 0.3) is 0 Å². The highest BCUT2D eigenvalue weighted by Gasteiger charge is 2.03. The Kier molecular flexibility index (Phi) is 6.17. The second kappa shape index (κ2) is 7.93. The third-order valence-electron chi connectivity index (χ3n) is 2.19. The Morgan fingerprint density at radius 1 is 1.05 bits per heavy atom. The summed E-state index contributed by atoms with van der Waals surface area (Å²) in [5.74, 6) is 4.27. The second-order valence-corrected chi connectivity index (χ2v) is 3.65. The fourth-order valence-corrected chi connectivity index (χ4v) is 1.37. The lowest BCUT2D eigenvalue weighted by atomic mass is 10.1. The molecule has 0 aliphatic rings. The van der Waals surface area contributed by atoms with Crippen LogP contribution in [0.3, 0.4) is 0 Å². The number of ether oxygens (including phenoxy) is 2. The van der Waals surface area contributed by atoms with Crippen LogP contribution in [0.2, 0.25) is 0 Å². The monoisotopic (exact) mass is 260 g/mol. The van der Waals surface area contributed by atoms with E-state index in [1.807, 2.05) is 0 Å². The minimum atomic E-state index is -0.543. The van der Waals surface area contributed by atoms with E-state index in [0.717, 1.165) is 5.56 Å². The number of carbonyl (C=O) groups excluding carboxylic acids is 2. The van der Waals surface area contributed by atoms with Crippen LogP contribution in [0.15, 0.2) is 24.3 Å². The molecule has 0 unspecified atom stereocenters. The second-order valence-electron chi connectivity index (χ2n) is 3.65. The molecule has 4 nitrogen and oxygen atoms in total. The van der Waals surface area contributed by atoms with Crippen molar-refractivity contribution in [1.29, 1.82) is 0 Å². The zero-order valence-corrected chi connectivity index (χ0v) is 11.1. The first-order valence-corrected chi connectivity index (χ1v) is 6.09. The van der Waals surface area contributed by atoms with Crippen LogP contribution in [-0.4, -0.2) is 25.2 Å². The summed E-state index contributed by atoms with van der Waals surface area (Å²) in [6, 6.07) is 7.07. The maximum atomic E-state index is 11.3. The Labute approximate surface area is 112 Å². The van der Waals surface area contributed by atoms with Crippen molar-refractivity contribution in [2.45, 2.75) is 20.3 Å². The van der Waals surface area contributed by atoms with Gasteiger partial charge < -0.3 is 9.47 Å². The zero-order chi connectivity index (χ0) is 14.1. The fourth-order valence-electron chi connectivity index (χ4n) is 1.37. The molecule has 0 amide bonds. The number of carbonyl (C=O) groups is 2. The van der Waals surface area contributed by atoms with E-state index in [1.165, 1.54) is 0 Å². The van der Waals surface area contributed by atoms with Gasteiger partial charge in [-0.15, -0.1) is 0 Å². The van der Waals surface area contributed by atoms with E-state index in [-0.39, 0.29) is 12.4 Å². The van der Waals surface area contributed by atoms with E-state index in [4.69, 9.17) is 9.47 Å². The highest BCUT2D eigenvalue weighted by atomic mass is 16.5. The van der Waals surface area contributed by atoms with Crippen molar-refractivity contribution in [3.05, 3.63) is 35.4 Å². The summed E-state index contributed by atoms with van der Waals surface area (Å²) in [5, 5.41) is 0. The number of rotatable bonds is 4. The van der Waals surface area contributed by atoms with Gasteiger partial charge in [-0.2, -0.15) is 0 Å². The van der Waals surface area contributed by atoms with Crippen LogP contribution in [0, 0.1) is 11.8 Å². The van der Waals surface area contributed by atoms with Gasteiger partial charge in [0, 0.05) is 11.5 Å². The summed E-state index contributed by atoms with van der Waals surface area (Å²) in [5.41, 5.74) is 1.54. The van der Waals surface area contributed by atoms with E-state index < -0.39 is 5.97 Å². The molecular formula is C15H16O4. The normalized spacial score (nSPS) is 9.16. The summed E-state index contributed by atoms with van der Waals surface area (Å²) in [6.45, 7) is 4.18. The van der Waals surface area contributed by atoms with Gasteiger partial charge in [0.25, 0.3) is 0 Å². The molecule has 0 saturated heterocycles. The van der Waals surface area contributed by atoms with Crippen molar-refractivity contribution in [3.8, 4) is 11.8 Å². The largest absolute Gasteiger partial charge is 0.466 e. The van der Waals surface area contributed by atoms with E-state index in [1.54, 1.807) is 38.1 Å². The third kappa shape index (κ3) is 5.73. The molecule has 0 aliphatic heterocycles. The molecule has 0 radical (unpaired) electrons. The molecule has 0 N–H and O–H groups in total. The lowest BCUT2D eigenvalue weighted by Gasteiger charge is -2.01. The molecule has 1 rings (SSSR count). The smallest absolute Gasteiger partial charge is 0.384 e. The number of benzene rings is 1. The van der Waals surface area contributed by atoms with Crippen LogP contribution in [0.5, 0.6) is 0 Å². The van der Waals surface area contributed by atoms with Gasteiger partial charge in [-0.05, 0) is 31.5 Å². The molecule has 4 heteroatoms. The van der Waals surface area contributed by atoms with Crippen molar-refractivity contribution in [2.24, 2.45) is 0 Å². The Balaban J connectivity index is 2.61. The number of esters is 2. The van der Waals surface area contributed by atoms with Gasteiger partial charge in [0.2, 0.25) is 0 Å². The van der Waals surface area contributed by atoms with Gasteiger partial charge >= 0.3 is 11.9 Å². The summed E-state index contributed by atoms with van der Waals surface area (Å²) >= 11 is 0. The molecule has 1 aromatic carbocycles. The van der Waals surface area contributed by atoms with Crippen molar-refractivity contribution in [2.75, 3.05) is 13.2 Å². The maximum absolute atomic E-state index is 11.3. The van der Waals surface area contributed by atoms with Gasteiger partial charge in [0.1, 0.15) is 0 Å². The summed E-state index contributed by atoms with van der Waals surface area (Å²) in [7, 11) is 0. The summed E-state index contributed by atoms with van der Waals surface area (Å²) < 4.78 is 9.55. The molecule has 0 fully saturated rings. The minimum absolute atomic E-state index is 0.236. The molecular weight excluding hydrogens is 244 g/mol. The number of hydrogen-bond donors (Lipinski definition) is 0. The van der Waals surface area contributed by atoms with Crippen LogP contribution in [-0.2, 0) is 25.5 Å². The molecule has 0 bridgehead atoms. The molecule has 0 heterocycles. The Morgan fingerprint density at radius 3 is 2.26 bits per heavy atom. The van der Waals surface area contributed by atoms with E-state index in [2.05, 4.69) is 11.8 Å². The zero-order valence-electron chi connectivity index (χ0n) is 11.1. The average molecular weight is 260 g/mol. The van der Waals surface area contributed by atoms with Gasteiger partial charge in [0.15, 0.2) is 0 Å². The standard InChI is InChI=1S/C15H16O4/c1-3-18-14(16)10-9-12-5-7-13(8-6-12)11-15(17)19-4-2/h5-8H,3-4,11H2,1-2H3. The SMILES string of the molecule is CCOC(=O)C#Cc1ccc(CC(=O)OCC)cc1. The Hall–Kier alpha value is -2.28. The summed E-state index contributed by atoms with van der Waals surface area (Å²) in [4.78, 5) is 22.3. The molecule has 0 spiro atoms. The van der Waals surface area contributed by atoms with Crippen molar-refractivity contribution >= 4 is 11.9 Å². The van der Waals surface area contributed by atoms with E-state index in [0.29, 0.717) is 18.8 Å². The molecule has 19 heavy (non-hydrogen) atoms. The molecule has 1 aromatic rings. The summed E-state index contributed by atoms with van der Waals surface area (Å²) in [6.07, 6.45) is 0.236. The predicted octanol–water partition coefficient (Wildman–Crippen LogP) is 1.71. The molecule has 100 valence electrons. The molecule has 0 atom stereocenters. The van der Waals surface area contributed by atoms with Gasteiger partial charge in [-0.3, -0.25) is 4.79 Å². The number of hydrogen-bond acceptors (Lipinski definition) is 4. The van der Waals surface area contributed by atoms with Crippen LogP contribution >= 0.6 is 0 Å². The topological polar surface area (TPSA) is 52.6 Å². The highest BCUT2D eigenvalue weighted by Crippen LogP contribution is 2.05. The first-order chi connectivity index (χ1) is 9.15. The minimum Gasteiger partial charge on any atom is -0.466 e. The average Bonchev–Trinajstić information content (AvgIpc) is 2.38. The van der Waals surface area contributed by atoms with Gasteiger partial charge in [0.05, 0.1) is 19.6 Å². The third-order valence-corrected chi connectivity index (χ3v) is 2.19.